The van der Waals surface area contributed by atoms with Gasteiger partial charge in [-0.05, 0) is 31.4 Å². The summed E-state index contributed by atoms with van der Waals surface area (Å²) >= 11 is 0. The van der Waals surface area contributed by atoms with E-state index in [2.05, 4.69) is 22.6 Å². The van der Waals surface area contributed by atoms with Crippen molar-refractivity contribution in [3.05, 3.63) is 42.2 Å². The van der Waals surface area contributed by atoms with E-state index in [1.807, 2.05) is 0 Å². The number of nitrogens with zero attached hydrogens (tertiary/aromatic N) is 2. The lowest BCUT2D eigenvalue weighted by atomic mass is 10.0. The van der Waals surface area contributed by atoms with Gasteiger partial charge in [0.25, 0.3) is 5.91 Å². The van der Waals surface area contributed by atoms with E-state index in [0.29, 0.717) is 11.3 Å². The van der Waals surface area contributed by atoms with Crippen LogP contribution in [0.5, 0.6) is 0 Å². The molecule has 2 aromatic heterocycles. The van der Waals surface area contributed by atoms with Gasteiger partial charge in [0.1, 0.15) is 0 Å². The zero-order chi connectivity index (χ0) is 13.2. The molecule has 1 atom stereocenters. The average molecular weight is 256 g/mol. The molecule has 98 valence electrons. The quantitative estimate of drug-likeness (QED) is 0.804. The molecule has 1 aliphatic carbocycles. The zero-order valence-electron chi connectivity index (χ0n) is 10.5. The number of nitrogen functional groups attached to an aromatic ring is 1. The Morgan fingerprint density at radius 1 is 1.47 bits per heavy atom. The van der Waals surface area contributed by atoms with E-state index in [1.165, 1.54) is 0 Å². The topological polar surface area (TPSA) is 72.4 Å². The average Bonchev–Trinajstić information content (AvgIpc) is 2.82. The van der Waals surface area contributed by atoms with E-state index in [0.717, 1.165) is 24.8 Å². The Labute approximate surface area is 111 Å². The van der Waals surface area contributed by atoms with Gasteiger partial charge in [0.2, 0.25) is 0 Å². The molecule has 0 saturated carbocycles. The van der Waals surface area contributed by atoms with Crippen LogP contribution in [0.3, 0.4) is 0 Å². The van der Waals surface area contributed by atoms with Gasteiger partial charge in [0.05, 0.1) is 17.3 Å². The first-order valence-corrected chi connectivity index (χ1v) is 6.43. The third kappa shape index (κ3) is 2.31. The van der Waals surface area contributed by atoms with Crippen LogP contribution in [0, 0.1) is 0 Å². The summed E-state index contributed by atoms with van der Waals surface area (Å²) in [5, 5.41) is 7.21. The number of hydrogen-bond acceptors (Lipinski definition) is 3. The summed E-state index contributed by atoms with van der Waals surface area (Å²) in [6.07, 6.45) is 10.5. The molecule has 19 heavy (non-hydrogen) atoms. The van der Waals surface area contributed by atoms with Gasteiger partial charge in [0, 0.05) is 17.9 Å². The van der Waals surface area contributed by atoms with Crippen LogP contribution in [0.1, 0.15) is 29.6 Å². The molecule has 1 amide bonds. The lowest BCUT2D eigenvalue weighted by Crippen LogP contribution is -2.35. The molecule has 0 aromatic carbocycles. The van der Waals surface area contributed by atoms with Gasteiger partial charge in [-0.15, -0.1) is 0 Å². The number of nitrogens with one attached hydrogen (secondary N) is 1. The standard InChI is InChI=1S/C14H16N4O/c15-10-6-7-18-13(8-10)12(9-16-18)14(19)17-11-4-2-1-3-5-11/h1-2,6-9,11H,3-5,15H2,(H,17,19). The maximum atomic E-state index is 12.3. The number of rotatable bonds is 2. The molecule has 0 radical (unpaired) electrons. The van der Waals surface area contributed by atoms with Crippen molar-refractivity contribution < 1.29 is 4.79 Å². The maximum Gasteiger partial charge on any atom is 0.255 e. The highest BCUT2D eigenvalue weighted by molar-refractivity contribution is 6.01. The van der Waals surface area contributed by atoms with Crippen molar-refractivity contribution in [2.75, 3.05) is 5.73 Å². The van der Waals surface area contributed by atoms with Crippen molar-refractivity contribution in [3.8, 4) is 0 Å². The Bertz CT molecular complexity index is 644. The summed E-state index contributed by atoms with van der Waals surface area (Å²) in [6, 6.07) is 3.74. The molecule has 0 spiro atoms. The van der Waals surface area contributed by atoms with E-state index in [-0.39, 0.29) is 11.9 Å². The molecule has 5 heteroatoms. The van der Waals surface area contributed by atoms with Crippen molar-refractivity contribution in [2.45, 2.75) is 25.3 Å². The van der Waals surface area contributed by atoms with Gasteiger partial charge >= 0.3 is 0 Å². The number of nitrogens with two attached hydrogens (primary N) is 1. The molecule has 0 saturated heterocycles. The van der Waals surface area contributed by atoms with Crippen LogP contribution < -0.4 is 11.1 Å². The van der Waals surface area contributed by atoms with Crippen molar-refractivity contribution in [2.24, 2.45) is 0 Å². The van der Waals surface area contributed by atoms with Crippen LogP contribution in [0.15, 0.2) is 36.7 Å². The largest absolute Gasteiger partial charge is 0.399 e. The maximum absolute atomic E-state index is 12.3. The van der Waals surface area contributed by atoms with Crippen LogP contribution in [0.2, 0.25) is 0 Å². The second-order valence-electron chi connectivity index (χ2n) is 4.80. The number of carbonyl (C=O) groups excluding carboxylic acids is 1. The van der Waals surface area contributed by atoms with Crippen LogP contribution in [0.4, 0.5) is 5.69 Å². The fraction of sp³-hybridized carbons (Fsp3) is 0.286. The number of allylic oxidation sites excluding steroid dienone is 1. The molecule has 2 heterocycles. The minimum absolute atomic E-state index is 0.0825. The smallest absolute Gasteiger partial charge is 0.255 e. The molecule has 3 rings (SSSR count). The zero-order valence-corrected chi connectivity index (χ0v) is 10.5. The Balaban J connectivity index is 1.85. The second-order valence-corrected chi connectivity index (χ2v) is 4.80. The van der Waals surface area contributed by atoms with Crippen molar-refractivity contribution in [3.63, 3.8) is 0 Å². The molecule has 0 aliphatic heterocycles. The minimum Gasteiger partial charge on any atom is -0.399 e. The van der Waals surface area contributed by atoms with E-state index in [1.54, 1.807) is 29.0 Å². The van der Waals surface area contributed by atoms with Crippen LogP contribution in [-0.2, 0) is 0 Å². The number of aromatic nitrogens is 2. The summed E-state index contributed by atoms with van der Waals surface area (Å²) in [6.45, 7) is 0. The highest BCUT2D eigenvalue weighted by Gasteiger charge is 2.17. The van der Waals surface area contributed by atoms with Gasteiger partial charge in [0.15, 0.2) is 0 Å². The minimum atomic E-state index is -0.0825. The third-order valence-electron chi connectivity index (χ3n) is 3.39. The predicted octanol–water partition coefficient (Wildman–Crippen LogP) is 1.75. The summed E-state index contributed by atoms with van der Waals surface area (Å²) in [4.78, 5) is 12.3. The first kappa shape index (κ1) is 11.8. The van der Waals surface area contributed by atoms with Crippen LogP contribution in [-0.4, -0.2) is 21.6 Å². The van der Waals surface area contributed by atoms with Gasteiger partial charge < -0.3 is 11.1 Å². The summed E-state index contributed by atoms with van der Waals surface area (Å²) in [5.74, 6) is -0.0825. The molecular formula is C14H16N4O. The normalized spacial score (nSPS) is 18.6. The number of amides is 1. The van der Waals surface area contributed by atoms with Gasteiger partial charge in [-0.2, -0.15) is 5.10 Å². The Morgan fingerprint density at radius 2 is 2.37 bits per heavy atom. The van der Waals surface area contributed by atoms with Gasteiger partial charge in [-0.25, -0.2) is 4.52 Å². The first-order chi connectivity index (χ1) is 9.24. The summed E-state index contributed by atoms with van der Waals surface area (Å²) in [7, 11) is 0. The fourth-order valence-corrected chi connectivity index (χ4v) is 2.36. The number of carbonyl (C=O) groups is 1. The molecule has 2 aromatic rings. The Morgan fingerprint density at radius 3 is 3.16 bits per heavy atom. The molecule has 0 bridgehead atoms. The number of pyridine rings is 1. The number of anilines is 1. The van der Waals surface area contributed by atoms with E-state index in [4.69, 9.17) is 5.73 Å². The highest BCUT2D eigenvalue weighted by atomic mass is 16.1. The molecule has 3 N–H and O–H groups in total. The van der Waals surface area contributed by atoms with Crippen molar-refractivity contribution >= 4 is 17.1 Å². The highest BCUT2D eigenvalue weighted by Crippen LogP contribution is 2.16. The summed E-state index contributed by atoms with van der Waals surface area (Å²) in [5.41, 5.74) is 7.69. The molecule has 1 unspecified atom stereocenters. The Hall–Kier alpha value is -2.30. The first-order valence-electron chi connectivity index (χ1n) is 6.43. The molecule has 1 aliphatic rings. The van der Waals surface area contributed by atoms with Crippen LogP contribution in [0.25, 0.3) is 5.52 Å². The van der Waals surface area contributed by atoms with Gasteiger partial charge in [-0.3, -0.25) is 4.79 Å². The monoisotopic (exact) mass is 256 g/mol. The predicted molar refractivity (Wildman–Crippen MR) is 73.8 cm³/mol. The lowest BCUT2D eigenvalue weighted by molar-refractivity contribution is 0.0936. The van der Waals surface area contributed by atoms with Crippen molar-refractivity contribution in [1.29, 1.82) is 0 Å². The lowest BCUT2D eigenvalue weighted by Gasteiger charge is -2.18. The molecular weight excluding hydrogens is 240 g/mol. The Kier molecular flexibility index (Phi) is 2.95. The second kappa shape index (κ2) is 4.76. The van der Waals surface area contributed by atoms with E-state index in [9.17, 15) is 4.79 Å². The number of hydrogen-bond donors (Lipinski definition) is 2. The number of fused-ring (bicyclic) bond motifs is 1. The van der Waals surface area contributed by atoms with E-state index >= 15 is 0 Å². The van der Waals surface area contributed by atoms with E-state index < -0.39 is 0 Å². The SMILES string of the molecule is Nc1ccn2ncc(C(=O)NC3CC=CCC3)c2c1. The van der Waals surface area contributed by atoms with Gasteiger partial charge in [-0.1, -0.05) is 12.2 Å². The van der Waals surface area contributed by atoms with Crippen LogP contribution >= 0.6 is 0 Å². The summed E-state index contributed by atoms with van der Waals surface area (Å²) < 4.78 is 1.66. The molecule has 5 nitrogen and oxygen atoms in total. The molecule has 0 fully saturated rings. The van der Waals surface area contributed by atoms with Crippen molar-refractivity contribution in [1.82, 2.24) is 14.9 Å². The third-order valence-corrected chi connectivity index (χ3v) is 3.39. The fourth-order valence-electron chi connectivity index (χ4n) is 2.36.